The monoisotopic (exact) mass is 335 g/mol. The average Bonchev–Trinajstić information content (AvgIpc) is 2.85. The lowest BCUT2D eigenvalue weighted by Gasteiger charge is -2.23. The fraction of sp³-hybridized carbons (Fsp3) is 0.389. The Morgan fingerprint density at radius 3 is 2.67 bits per heavy atom. The first-order valence-electron chi connectivity index (χ1n) is 7.69. The average molecular weight is 335 g/mol. The molecule has 24 heavy (non-hydrogen) atoms. The molecule has 0 radical (unpaired) electrons. The van der Waals surface area contributed by atoms with Crippen LogP contribution in [-0.4, -0.2) is 22.7 Å². The first kappa shape index (κ1) is 18.2. The SMILES string of the molecule is Cc1cc(C(C)(O)CNC(=O)CC(O)c2cccc(F)c2)c(C)o1. The number of hydrogen-bond acceptors (Lipinski definition) is 4. The molecule has 2 rings (SSSR count). The smallest absolute Gasteiger partial charge is 0.223 e. The van der Waals surface area contributed by atoms with Crippen LogP contribution in [0.3, 0.4) is 0 Å². The third kappa shape index (κ3) is 4.43. The first-order valence-corrected chi connectivity index (χ1v) is 7.69. The molecule has 0 aliphatic carbocycles. The van der Waals surface area contributed by atoms with Crippen LogP contribution in [0.25, 0.3) is 0 Å². The number of furan rings is 1. The largest absolute Gasteiger partial charge is 0.466 e. The highest BCUT2D eigenvalue weighted by atomic mass is 19.1. The Kier molecular flexibility index (Phi) is 5.41. The summed E-state index contributed by atoms with van der Waals surface area (Å²) in [6.07, 6.45) is -1.33. The van der Waals surface area contributed by atoms with Crippen molar-refractivity contribution in [1.29, 1.82) is 0 Å². The lowest BCUT2D eigenvalue weighted by Crippen LogP contribution is -2.39. The van der Waals surface area contributed by atoms with E-state index in [4.69, 9.17) is 4.42 Å². The Labute approximate surface area is 140 Å². The predicted octanol–water partition coefficient (Wildman–Crippen LogP) is 2.48. The molecule has 1 aromatic heterocycles. The number of halogens is 1. The minimum atomic E-state index is -1.29. The van der Waals surface area contributed by atoms with Gasteiger partial charge in [-0.2, -0.15) is 0 Å². The topological polar surface area (TPSA) is 82.7 Å². The zero-order chi connectivity index (χ0) is 17.9. The summed E-state index contributed by atoms with van der Waals surface area (Å²) in [6, 6.07) is 7.20. The van der Waals surface area contributed by atoms with Crippen molar-refractivity contribution in [1.82, 2.24) is 5.32 Å². The van der Waals surface area contributed by atoms with Gasteiger partial charge >= 0.3 is 0 Å². The molecule has 0 spiro atoms. The number of rotatable bonds is 6. The molecule has 5 nitrogen and oxygen atoms in total. The summed E-state index contributed by atoms with van der Waals surface area (Å²) in [4.78, 5) is 12.0. The number of amides is 1. The van der Waals surface area contributed by atoms with Gasteiger partial charge in [-0.3, -0.25) is 4.79 Å². The van der Waals surface area contributed by atoms with Gasteiger partial charge in [-0.1, -0.05) is 12.1 Å². The van der Waals surface area contributed by atoms with Crippen LogP contribution in [0.2, 0.25) is 0 Å². The quantitative estimate of drug-likeness (QED) is 0.757. The van der Waals surface area contributed by atoms with Crippen molar-refractivity contribution in [3.63, 3.8) is 0 Å². The van der Waals surface area contributed by atoms with E-state index in [2.05, 4.69) is 5.32 Å². The molecule has 0 aliphatic rings. The molecular weight excluding hydrogens is 313 g/mol. The van der Waals surface area contributed by atoms with Crippen LogP contribution in [0, 0.1) is 19.7 Å². The molecule has 2 unspecified atom stereocenters. The van der Waals surface area contributed by atoms with E-state index < -0.39 is 23.4 Å². The minimum Gasteiger partial charge on any atom is -0.466 e. The van der Waals surface area contributed by atoms with Crippen molar-refractivity contribution in [2.45, 2.75) is 38.9 Å². The summed E-state index contributed by atoms with van der Waals surface area (Å²) in [6.45, 7) is 5.07. The van der Waals surface area contributed by atoms with E-state index in [0.29, 0.717) is 22.6 Å². The number of aryl methyl sites for hydroxylation is 2. The second-order valence-electron chi connectivity index (χ2n) is 6.15. The fourth-order valence-corrected chi connectivity index (χ4v) is 2.61. The van der Waals surface area contributed by atoms with E-state index in [0.717, 1.165) is 0 Å². The third-order valence-electron chi connectivity index (χ3n) is 3.86. The Bertz CT molecular complexity index is 724. The van der Waals surface area contributed by atoms with E-state index in [9.17, 15) is 19.4 Å². The Hall–Kier alpha value is -2.18. The summed E-state index contributed by atoms with van der Waals surface area (Å²) < 4.78 is 18.5. The number of benzene rings is 1. The molecule has 0 bridgehead atoms. The first-order chi connectivity index (χ1) is 11.2. The number of aliphatic hydroxyl groups is 2. The standard InChI is InChI=1S/C18H22FNO4/c1-11-7-15(12(2)24-11)18(3,23)10-20-17(22)9-16(21)13-5-4-6-14(19)8-13/h4-8,16,21,23H,9-10H2,1-3H3,(H,20,22). The number of carbonyl (C=O) groups excluding carboxylic acids is 1. The van der Waals surface area contributed by atoms with E-state index >= 15 is 0 Å². The van der Waals surface area contributed by atoms with Crippen LogP contribution in [0.1, 0.15) is 42.1 Å². The molecule has 1 heterocycles. The molecule has 3 N–H and O–H groups in total. The predicted molar refractivity (Wildman–Crippen MR) is 86.7 cm³/mol. The van der Waals surface area contributed by atoms with Gasteiger partial charge in [-0.05, 0) is 44.5 Å². The maximum Gasteiger partial charge on any atom is 0.223 e. The molecular formula is C18H22FNO4. The van der Waals surface area contributed by atoms with Crippen molar-refractivity contribution in [3.8, 4) is 0 Å². The fourth-order valence-electron chi connectivity index (χ4n) is 2.61. The van der Waals surface area contributed by atoms with Gasteiger partial charge in [0.05, 0.1) is 19.1 Å². The van der Waals surface area contributed by atoms with Gasteiger partial charge in [0.2, 0.25) is 5.91 Å². The lowest BCUT2D eigenvalue weighted by atomic mass is 9.96. The number of carbonyl (C=O) groups is 1. The maximum atomic E-state index is 13.1. The summed E-state index contributed by atoms with van der Waals surface area (Å²) >= 11 is 0. The summed E-state index contributed by atoms with van der Waals surface area (Å²) in [5.74, 6) is 0.354. The van der Waals surface area contributed by atoms with Crippen LogP contribution in [0.5, 0.6) is 0 Å². The molecule has 0 saturated heterocycles. The van der Waals surface area contributed by atoms with E-state index in [1.807, 2.05) is 0 Å². The van der Waals surface area contributed by atoms with Crippen molar-refractivity contribution >= 4 is 5.91 Å². The van der Waals surface area contributed by atoms with Gasteiger partial charge in [0.15, 0.2) is 0 Å². The molecule has 1 amide bonds. The van der Waals surface area contributed by atoms with Gasteiger partial charge in [-0.25, -0.2) is 4.39 Å². The highest BCUT2D eigenvalue weighted by Crippen LogP contribution is 2.26. The normalized spacial score (nSPS) is 14.9. The molecule has 0 fully saturated rings. The van der Waals surface area contributed by atoms with Gasteiger partial charge in [0.25, 0.3) is 0 Å². The summed E-state index contributed by atoms with van der Waals surface area (Å²) in [5.41, 5.74) is -0.356. The van der Waals surface area contributed by atoms with Crippen molar-refractivity contribution in [2.75, 3.05) is 6.54 Å². The maximum absolute atomic E-state index is 13.1. The van der Waals surface area contributed by atoms with Crippen LogP contribution >= 0.6 is 0 Å². The van der Waals surface area contributed by atoms with Gasteiger partial charge < -0.3 is 19.9 Å². The zero-order valence-electron chi connectivity index (χ0n) is 14.0. The van der Waals surface area contributed by atoms with Crippen LogP contribution in [-0.2, 0) is 10.4 Å². The Morgan fingerprint density at radius 1 is 1.38 bits per heavy atom. The highest BCUT2D eigenvalue weighted by Gasteiger charge is 2.28. The van der Waals surface area contributed by atoms with Crippen LogP contribution in [0.15, 0.2) is 34.7 Å². The van der Waals surface area contributed by atoms with Crippen molar-refractivity contribution in [2.24, 2.45) is 0 Å². The van der Waals surface area contributed by atoms with Crippen LogP contribution in [0.4, 0.5) is 4.39 Å². The molecule has 0 aliphatic heterocycles. The molecule has 2 aromatic rings. The molecule has 6 heteroatoms. The number of hydrogen-bond donors (Lipinski definition) is 3. The highest BCUT2D eigenvalue weighted by molar-refractivity contribution is 5.76. The summed E-state index contributed by atoms with van der Waals surface area (Å²) in [5, 5.41) is 23.1. The second-order valence-corrected chi connectivity index (χ2v) is 6.15. The van der Waals surface area contributed by atoms with Gasteiger partial charge in [-0.15, -0.1) is 0 Å². The van der Waals surface area contributed by atoms with Crippen LogP contribution < -0.4 is 5.32 Å². The number of nitrogens with one attached hydrogen (secondary N) is 1. The minimum absolute atomic E-state index is 0.0263. The van der Waals surface area contributed by atoms with Gasteiger partial charge in [0, 0.05) is 5.56 Å². The third-order valence-corrected chi connectivity index (χ3v) is 3.86. The lowest BCUT2D eigenvalue weighted by molar-refractivity contribution is -0.124. The van der Waals surface area contributed by atoms with Gasteiger partial charge in [0.1, 0.15) is 22.9 Å². The molecule has 130 valence electrons. The second kappa shape index (κ2) is 7.15. The van der Waals surface area contributed by atoms with Crippen molar-refractivity contribution < 1.29 is 23.8 Å². The van der Waals surface area contributed by atoms with Crippen molar-refractivity contribution in [3.05, 3.63) is 58.8 Å². The Balaban J connectivity index is 1.94. The van der Waals surface area contributed by atoms with E-state index in [1.54, 1.807) is 32.9 Å². The summed E-state index contributed by atoms with van der Waals surface area (Å²) in [7, 11) is 0. The number of aliphatic hydroxyl groups excluding tert-OH is 1. The van der Waals surface area contributed by atoms with E-state index in [1.165, 1.54) is 18.2 Å². The zero-order valence-corrected chi connectivity index (χ0v) is 14.0. The molecule has 2 atom stereocenters. The Morgan fingerprint density at radius 2 is 2.08 bits per heavy atom. The molecule has 1 aromatic carbocycles. The molecule has 0 saturated carbocycles. The van der Waals surface area contributed by atoms with E-state index in [-0.39, 0.29) is 13.0 Å².